The van der Waals surface area contributed by atoms with Crippen LogP contribution in [-0.4, -0.2) is 35.2 Å². The first-order valence-electron chi connectivity index (χ1n) is 9.86. The molecule has 7 nitrogen and oxygen atoms in total. The second-order valence-electron chi connectivity index (χ2n) is 6.85. The molecule has 0 fully saturated rings. The van der Waals surface area contributed by atoms with Crippen LogP contribution in [0, 0.1) is 13.8 Å². The van der Waals surface area contributed by atoms with E-state index in [4.69, 9.17) is 0 Å². The molecule has 1 heterocycles. The number of anilines is 1. The Bertz CT molecular complexity index is 802. The Balaban J connectivity index is 0.00000420. The summed E-state index contributed by atoms with van der Waals surface area (Å²) >= 11 is 0. The van der Waals surface area contributed by atoms with E-state index in [-0.39, 0.29) is 29.9 Å². The Morgan fingerprint density at radius 2 is 2.00 bits per heavy atom. The van der Waals surface area contributed by atoms with E-state index in [0.29, 0.717) is 13.0 Å². The first-order valence-corrected chi connectivity index (χ1v) is 9.86. The van der Waals surface area contributed by atoms with E-state index in [9.17, 15) is 4.79 Å². The number of guanidine groups is 1. The lowest BCUT2D eigenvalue weighted by Crippen LogP contribution is -2.37. The van der Waals surface area contributed by atoms with Crippen LogP contribution in [0.2, 0.25) is 0 Å². The first-order chi connectivity index (χ1) is 13.5. The number of hydrogen-bond donors (Lipinski definition) is 3. The van der Waals surface area contributed by atoms with Gasteiger partial charge in [0.05, 0.1) is 5.69 Å². The standard InChI is InChI=1S/C21H32N6O.HI/c1-5-8-20(28)25-19-10-6-9-18(14-19)15-24-21(22-4)23-11-7-12-27-17(3)13-16(2)26-27;/h6,9-10,13-14H,5,7-8,11-12,15H2,1-4H3,(H,25,28)(H2,22,23,24);1H. The molecule has 8 heteroatoms. The van der Waals surface area contributed by atoms with Gasteiger partial charge in [-0.25, -0.2) is 0 Å². The average molecular weight is 512 g/mol. The number of rotatable bonds is 9. The maximum absolute atomic E-state index is 11.7. The number of benzene rings is 1. The Morgan fingerprint density at radius 3 is 2.66 bits per heavy atom. The molecule has 0 aliphatic rings. The van der Waals surface area contributed by atoms with Gasteiger partial charge in [0.2, 0.25) is 5.91 Å². The van der Waals surface area contributed by atoms with Crippen LogP contribution in [0.15, 0.2) is 35.3 Å². The molecular weight excluding hydrogens is 479 g/mol. The summed E-state index contributed by atoms with van der Waals surface area (Å²) in [4.78, 5) is 16.0. The lowest BCUT2D eigenvalue weighted by molar-refractivity contribution is -0.116. The van der Waals surface area contributed by atoms with Gasteiger partial charge >= 0.3 is 0 Å². The third-order valence-corrected chi connectivity index (χ3v) is 4.31. The van der Waals surface area contributed by atoms with Crippen LogP contribution in [0.4, 0.5) is 5.69 Å². The van der Waals surface area contributed by atoms with Crippen LogP contribution in [-0.2, 0) is 17.9 Å². The zero-order valence-corrected chi connectivity index (χ0v) is 20.1. The molecule has 0 saturated heterocycles. The van der Waals surface area contributed by atoms with Crippen molar-refractivity contribution in [1.29, 1.82) is 0 Å². The predicted molar refractivity (Wildman–Crippen MR) is 130 cm³/mol. The monoisotopic (exact) mass is 512 g/mol. The number of aryl methyl sites for hydroxylation is 3. The molecule has 2 rings (SSSR count). The quantitative estimate of drug-likeness (QED) is 0.208. The number of nitrogens with zero attached hydrogens (tertiary/aromatic N) is 3. The maximum atomic E-state index is 11.7. The second kappa shape index (κ2) is 13.2. The fourth-order valence-electron chi connectivity index (χ4n) is 2.95. The zero-order valence-electron chi connectivity index (χ0n) is 17.8. The molecule has 3 N–H and O–H groups in total. The maximum Gasteiger partial charge on any atom is 0.224 e. The summed E-state index contributed by atoms with van der Waals surface area (Å²) in [5.74, 6) is 0.807. The van der Waals surface area contributed by atoms with Gasteiger partial charge in [-0.05, 0) is 50.5 Å². The highest BCUT2D eigenvalue weighted by Gasteiger charge is 2.04. The van der Waals surface area contributed by atoms with Gasteiger partial charge in [-0.1, -0.05) is 19.1 Å². The molecule has 160 valence electrons. The van der Waals surface area contributed by atoms with Gasteiger partial charge < -0.3 is 16.0 Å². The average Bonchev–Trinajstić information content (AvgIpc) is 2.98. The van der Waals surface area contributed by atoms with Crippen molar-refractivity contribution < 1.29 is 4.79 Å². The summed E-state index contributed by atoms with van der Waals surface area (Å²) in [5, 5.41) is 14.0. The number of hydrogen-bond acceptors (Lipinski definition) is 3. The van der Waals surface area contributed by atoms with Crippen molar-refractivity contribution in [2.45, 2.75) is 53.1 Å². The Kier molecular flexibility index (Phi) is 11.3. The highest BCUT2D eigenvalue weighted by Crippen LogP contribution is 2.11. The first kappa shape index (κ1) is 24.9. The highest BCUT2D eigenvalue weighted by molar-refractivity contribution is 14.0. The molecule has 0 aliphatic heterocycles. The number of nitrogens with one attached hydrogen (secondary N) is 3. The smallest absolute Gasteiger partial charge is 0.224 e. The number of amides is 1. The van der Waals surface area contributed by atoms with Gasteiger partial charge in [-0.3, -0.25) is 14.5 Å². The molecule has 2 aromatic rings. The Hall–Kier alpha value is -2.10. The van der Waals surface area contributed by atoms with Crippen molar-refractivity contribution >= 4 is 41.5 Å². The third kappa shape index (κ3) is 8.84. The van der Waals surface area contributed by atoms with Crippen LogP contribution in [0.3, 0.4) is 0 Å². The van der Waals surface area contributed by atoms with E-state index in [1.807, 2.05) is 42.8 Å². The van der Waals surface area contributed by atoms with Crippen LogP contribution in [0.5, 0.6) is 0 Å². The SMILES string of the molecule is CCCC(=O)Nc1cccc(CNC(=NC)NCCCn2nc(C)cc2C)c1.I. The van der Waals surface area contributed by atoms with Gasteiger partial charge in [0.15, 0.2) is 5.96 Å². The minimum Gasteiger partial charge on any atom is -0.356 e. The van der Waals surface area contributed by atoms with Crippen molar-refractivity contribution in [3.05, 3.63) is 47.3 Å². The molecule has 0 aliphatic carbocycles. The number of carbonyl (C=O) groups is 1. The Labute approximate surface area is 190 Å². The van der Waals surface area contributed by atoms with Gasteiger partial charge in [0, 0.05) is 44.5 Å². The number of aliphatic imine (C=N–C) groups is 1. The Morgan fingerprint density at radius 1 is 1.21 bits per heavy atom. The minimum atomic E-state index is 0. The lowest BCUT2D eigenvalue weighted by Gasteiger charge is -2.13. The molecule has 0 atom stereocenters. The van der Waals surface area contributed by atoms with Crippen molar-refractivity contribution in [3.8, 4) is 0 Å². The fraction of sp³-hybridized carbons (Fsp3) is 0.476. The van der Waals surface area contributed by atoms with E-state index >= 15 is 0 Å². The predicted octanol–water partition coefficient (Wildman–Crippen LogP) is 3.61. The van der Waals surface area contributed by atoms with Crippen LogP contribution < -0.4 is 16.0 Å². The summed E-state index contributed by atoms with van der Waals surface area (Å²) in [6.07, 6.45) is 2.34. The van der Waals surface area contributed by atoms with Crippen LogP contribution in [0.25, 0.3) is 0 Å². The van der Waals surface area contributed by atoms with E-state index in [2.05, 4.69) is 39.0 Å². The molecule has 1 aromatic carbocycles. The van der Waals surface area contributed by atoms with Crippen molar-refractivity contribution in [2.24, 2.45) is 4.99 Å². The topological polar surface area (TPSA) is 83.3 Å². The van der Waals surface area contributed by atoms with Crippen LogP contribution in [0.1, 0.15) is 43.1 Å². The molecule has 0 unspecified atom stereocenters. The summed E-state index contributed by atoms with van der Waals surface area (Å²) in [6, 6.07) is 9.95. The largest absolute Gasteiger partial charge is 0.356 e. The molecule has 0 bridgehead atoms. The van der Waals surface area contributed by atoms with E-state index in [1.165, 1.54) is 5.69 Å². The molecular formula is C21H33IN6O. The number of aromatic nitrogens is 2. The highest BCUT2D eigenvalue weighted by atomic mass is 127. The normalized spacial score (nSPS) is 11.0. The molecule has 0 radical (unpaired) electrons. The molecule has 0 spiro atoms. The van der Waals surface area contributed by atoms with Gasteiger partial charge in [0.25, 0.3) is 0 Å². The van der Waals surface area contributed by atoms with Gasteiger partial charge in [0.1, 0.15) is 0 Å². The summed E-state index contributed by atoms with van der Waals surface area (Å²) in [6.45, 7) is 8.41. The minimum absolute atomic E-state index is 0. The second-order valence-corrected chi connectivity index (χ2v) is 6.85. The van der Waals surface area contributed by atoms with E-state index < -0.39 is 0 Å². The molecule has 0 saturated carbocycles. The van der Waals surface area contributed by atoms with Gasteiger partial charge in [-0.15, -0.1) is 24.0 Å². The summed E-state index contributed by atoms with van der Waals surface area (Å²) in [7, 11) is 1.76. The van der Waals surface area contributed by atoms with E-state index in [0.717, 1.165) is 48.8 Å². The van der Waals surface area contributed by atoms with Crippen molar-refractivity contribution in [2.75, 3.05) is 18.9 Å². The molecule has 1 aromatic heterocycles. The van der Waals surface area contributed by atoms with Gasteiger partial charge in [-0.2, -0.15) is 5.10 Å². The lowest BCUT2D eigenvalue weighted by atomic mass is 10.2. The van der Waals surface area contributed by atoms with Crippen molar-refractivity contribution in [3.63, 3.8) is 0 Å². The molecule has 29 heavy (non-hydrogen) atoms. The van der Waals surface area contributed by atoms with Crippen LogP contribution >= 0.6 is 24.0 Å². The fourth-order valence-corrected chi connectivity index (χ4v) is 2.95. The van der Waals surface area contributed by atoms with E-state index in [1.54, 1.807) is 7.05 Å². The number of carbonyl (C=O) groups excluding carboxylic acids is 1. The van der Waals surface area contributed by atoms with Crippen molar-refractivity contribution in [1.82, 2.24) is 20.4 Å². The third-order valence-electron chi connectivity index (χ3n) is 4.31. The molecule has 1 amide bonds. The zero-order chi connectivity index (χ0) is 20.4. The summed E-state index contributed by atoms with van der Waals surface area (Å²) in [5.41, 5.74) is 4.15. The number of halogens is 1. The summed E-state index contributed by atoms with van der Waals surface area (Å²) < 4.78 is 2.03.